The number of benzene rings is 2. The Morgan fingerprint density at radius 3 is 2.24 bits per heavy atom. The summed E-state index contributed by atoms with van der Waals surface area (Å²) in [5.74, 6) is -2.07. The Hall–Kier alpha value is -3.24. The van der Waals surface area contributed by atoms with Crippen LogP contribution in [0.4, 0.5) is 5.69 Å². The molecule has 10 heteroatoms. The summed E-state index contributed by atoms with van der Waals surface area (Å²) in [6.45, 7) is 6.36. The van der Waals surface area contributed by atoms with Gasteiger partial charge in [0.25, 0.3) is 11.8 Å². The van der Waals surface area contributed by atoms with E-state index in [1.165, 1.54) is 20.2 Å². The molecule has 2 aromatic rings. The van der Waals surface area contributed by atoms with Crippen molar-refractivity contribution in [2.24, 2.45) is 5.92 Å². The summed E-state index contributed by atoms with van der Waals surface area (Å²) in [7, 11) is -0.855. The van der Waals surface area contributed by atoms with E-state index in [1.54, 1.807) is 58.0 Å². The van der Waals surface area contributed by atoms with Gasteiger partial charge in [-0.2, -0.15) is 0 Å². The Balaban J connectivity index is 2.04. The predicted molar refractivity (Wildman–Crippen MR) is 129 cm³/mol. The highest BCUT2D eigenvalue weighted by atomic mass is 32.2. The van der Waals surface area contributed by atoms with E-state index in [4.69, 9.17) is 4.74 Å². The van der Waals surface area contributed by atoms with Crippen molar-refractivity contribution < 1.29 is 27.5 Å². The fraction of sp³-hybridized carbons (Fsp3) is 0.375. The first kappa shape index (κ1) is 27.0. The topological polar surface area (TPSA) is 122 Å². The SMILES string of the molecule is Cc1ccccc1C(=O)N[C@H](C(=O)OCC(=O)Nc1ccc(C)c(S(=O)(=O)N(C)C)c1)C(C)C. The highest BCUT2D eigenvalue weighted by Crippen LogP contribution is 2.22. The molecule has 0 saturated heterocycles. The second-order valence-electron chi connectivity index (χ2n) is 8.43. The monoisotopic (exact) mass is 489 g/mol. The van der Waals surface area contributed by atoms with Crippen molar-refractivity contribution in [3.8, 4) is 0 Å². The molecular formula is C24H31N3O6S. The zero-order valence-corrected chi connectivity index (χ0v) is 21.0. The molecule has 2 amide bonds. The Morgan fingerprint density at radius 1 is 1.00 bits per heavy atom. The van der Waals surface area contributed by atoms with Gasteiger partial charge in [0.1, 0.15) is 6.04 Å². The maximum atomic E-state index is 12.6. The second kappa shape index (κ2) is 11.3. The number of amides is 2. The number of carbonyl (C=O) groups is 3. The Labute approximate surface area is 200 Å². The van der Waals surface area contributed by atoms with Crippen LogP contribution < -0.4 is 10.6 Å². The number of rotatable bonds is 9. The number of carbonyl (C=O) groups excluding carboxylic acids is 3. The van der Waals surface area contributed by atoms with E-state index in [0.717, 1.165) is 9.87 Å². The van der Waals surface area contributed by atoms with E-state index in [-0.39, 0.29) is 16.5 Å². The van der Waals surface area contributed by atoms with Crippen molar-refractivity contribution in [3.05, 3.63) is 59.2 Å². The average Bonchev–Trinajstić information content (AvgIpc) is 2.76. The molecule has 0 unspecified atom stereocenters. The summed E-state index contributed by atoms with van der Waals surface area (Å²) in [5.41, 5.74) is 1.99. The van der Waals surface area contributed by atoms with Crippen molar-refractivity contribution in [2.45, 2.75) is 38.6 Å². The molecule has 184 valence electrons. The van der Waals surface area contributed by atoms with Crippen LogP contribution in [-0.4, -0.2) is 57.3 Å². The molecule has 0 fully saturated rings. The third kappa shape index (κ3) is 6.64. The molecule has 0 saturated carbocycles. The van der Waals surface area contributed by atoms with Gasteiger partial charge in [0, 0.05) is 25.3 Å². The first-order chi connectivity index (χ1) is 15.8. The number of esters is 1. The van der Waals surface area contributed by atoms with E-state index in [1.807, 2.05) is 6.07 Å². The summed E-state index contributed by atoms with van der Waals surface area (Å²) < 4.78 is 31.1. The van der Waals surface area contributed by atoms with Crippen LogP contribution in [0.2, 0.25) is 0 Å². The smallest absolute Gasteiger partial charge is 0.329 e. The van der Waals surface area contributed by atoms with E-state index in [9.17, 15) is 22.8 Å². The molecule has 9 nitrogen and oxygen atoms in total. The maximum Gasteiger partial charge on any atom is 0.329 e. The minimum Gasteiger partial charge on any atom is -0.454 e. The molecule has 0 aliphatic rings. The van der Waals surface area contributed by atoms with Gasteiger partial charge in [0.2, 0.25) is 10.0 Å². The highest BCUT2D eigenvalue weighted by molar-refractivity contribution is 7.89. The Morgan fingerprint density at radius 2 is 1.65 bits per heavy atom. The zero-order chi connectivity index (χ0) is 25.6. The summed E-state index contributed by atoms with van der Waals surface area (Å²) in [6, 6.07) is 10.5. The van der Waals surface area contributed by atoms with Gasteiger partial charge >= 0.3 is 5.97 Å². The van der Waals surface area contributed by atoms with E-state index < -0.39 is 40.5 Å². The van der Waals surface area contributed by atoms with Crippen LogP contribution in [-0.2, 0) is 24.3 Å². The summed E-state index contributed by atoms with van der Waals surface area (Å²) >= 11 is 0. The summed E-state index contributed by atoms with van der Waals surface area (Å²) in [4.78, 5) is 37.6. The minimum absolute atomic E-state index is 0.0612. The fourth-order valence-corrected chi connectivity index (χ4v) is 4.26. The van der Waals surface area contributed by atoms with E-state index in [2.05, 4.69) is 10.6 Å². The number of hydrogen-bond donors (Lipinski definition) is 2. The van der Waals surface area contributed by atoms with Crippen LogP contribution in [0.25, 0.3) is 0 Å². The van der Waals surface area contributed by atoms with Crippen LogP contribution in [0.15, 0.2) is 47.4 Å². The van der Waals surface area contributed by atoms with Gasteiger partial charge in [-0.25, -0.2) is 17.5 Å². The largest absolute Gasteiger partial charge is 0.454 e. The fourth-order valence-electron chi connectivity index (χ4n) is 3.12. The lowest BCUT2D eigenvalue weighted by Crippen LogP contribution is -2.46. The van der Waals surface area contributed by atoms with Crippen LogP contribution >= 0.6 is 0 Å². The molecular weight excluding hydrogens is 458 g/mol. The average molecular weight is 490 g/mol. The molecule has 0 bridgehead atoms. The number of nitrogens with zero attached hydrogens (tertiary/aromatic N) is 1. The van der Waals surface area contributed by atoms with Gasteiger partial charge < -0.3 is 15.4 Å². The first-order valence-electron chi connectivity index (χ1n) is 10.7. The van der Waals surface area contributed by atoms with Gasteiger partial charge in [0.15, 0.2) is 6.61 Å². The summed E-state index contributed by atoms with van der Waals surface area (Å²) in [6.07, 6.45) is 0. The Kier molecular flexibility index (Phi) is 8.94. The predicted octanol–water partition coefficient (Wildman–Crippen LogP) is 2.49. The lowest BCUT2D eigenvalue weighted by molar-refractivity contribution is -0.150. The van der Waals surface area contributed by atoms with Gasteiger partial charge in [0.05, 0.1) is 4.90 Å². The van der Waals surface area contributed by atoms with E-state index in [0.29, 0.717) is 11.1 Å². The highest BCUT2D eigenvalue weighted by Gasteiger charge is 2.27. The number of ether oxygens (including phenoxy) is 1. The van der Waals surface area contributed by atoms with Gasteiger partial charge in [-0.1, -0.05) is 38.1 Å². The third-order valence-corrected chi connectivity index (χ3v) is 7.13. The third-order valence-electron chi connectivity index (χ3n) is 5.17. The van der Waals surface area contributed by atoms with Gasteiger partial charge in [-0.3, -0.25) is 9.59 Å². The minimum atomic E-state index is -3.69. The normalized spacial score (nSPS) is 12.4. The van der Waals surface area contributed by atoms with Gasteiger partial charge in [-0.05, 0) is 49.1 Å². The Bertz CT molecular complexity index is 1170. The quantitative estimate of drug-likeness (QED) is 0.522. The van der Waals surface area contributed by atoms with Crippen molar-refractivity contribution in [1.82, 2.24) is 9.62 Å². The number of hydrogen-bond acceptors (Lipinski definition) is 6. The molecule has 0 heterocycles. The first-order valence-corrected chi connectivity index (χ1v) is 12.1. The number of aryl methyl sites for hydroxylation is 2. The van der Waals surface area contributed by atoms with Crippen molar-refractivity contribution >= 4 is 33.5 Å². The molecule has 0 spiro atoms. The van der Waals surface area contributed by atoms with Crippen molar-refractivity contribution in [2.75, 3.05) is 26.0 Å². The lowest BCUT2D eigenvalue weighted by atomic mass is 10.0. The van der Waals surface area contributed by atoms with Crippen LogP contribution in [0, 0.1) is 19.8 Å². The maximum absolute atomic E-state index is 12.6. The van der Waals surface area contributed by atoms with Crippen molar-refractivity contribution in [3.63, 3.8) is 0 Å². The molecule has 0 aliphatic heterocycles. The summed E-state index contributed by atoms with van der Waals surface area (Å²) in [5, 5.41) is 5.20. The van der Waals surface area contributed by atoms with Crippen LogP contribution in [0.3, 0.4) is 0 Å². The standard InChI is InChI=1S/C24H31N3O6S/c1-15(2)22(26-23(29)19-10-8-7-9-16(19)3)24(30)33-14-21(28)25-18-12-11-17(4)20(13-18)34(31,32)27(5)6/h7-13,15,22H,14H2,1-6H3,(H,25,28)(H,26,29)/t22-/m0/s1. The second-order valence-corrected chi connectivity index (χ2v) is 10.6. The number of nitrogens with one attached hydrogen (secondary N) is 2. The molecule has 0 radical (unpaired) electrons. The van der Waals surface area contributed by atoms with Crippen LogP contribution in [0.5, 0.6) is 0 Å². The van der Waals surface area contributed by atoms with Crippen molar-refractivity contribution in [1.29, 1.82) is 0 Å². The lowest BCUT2D eigenvalue weighted by Gasteiger charge is -2.21. The molecule has 34 heavy (non-hydrogen) atoms. The molecule has 2 aromatic carbocycles. The molecule has 2 rings (SSSR count). The number of sulfonamides is 1. The van der Waals surface area contributed by atoms with E-state index >= 15 is 0 Å². The molecule has 0 aliphatic carbocycles. The molecule has 1 atom stereocenters. The zero-order valence-electron chi connectivity index (χ0n) is 20.2. The van der Waals surface area contributed by atoms with Crippen LogP contribution in [0.1, 0.15) is 35.3 Å². The number of anilines is 1. The van der Waals surface area contributed by atoms with Gasteiger partial charge in [-0.15, -0.1) is 0 Å². The molecule has 0 aromatic heterocycles. The molecule has 2 N–H and O–H groups in total.